The van der Waals surface area contributed by atoms with Gasteiger partial charge in [-0.15, -0.1) is 21.0 Å². The van der Waals surface area contributed by atoms with Crippen LogP contribution in [0.4, 0.5) is 4.39 Å². The monoisotopic (exact) mass is 394 g/mol. The summed E-state index contributed by atoms with van der Waals surface area (Å²) in [5, 5.41) is 1.46. The molecule has 0 fully saturated rings. The minimum Gasteiger partial charge on any atom is -0.345 e. The summed E-state index contributed by atoms with van der Waals surface area (Å²) in [5.74, 6) is -0.895. The van der Waals surface area contributed by atoms with Gasteiger partial charge in [0.25, 0.3) is 0 Å². The average Bonchev–Trinajstić information content (AvgIpc) is 3.13. The zero-order chi connectivity index (χ0) is 19.0. The van der Waals surface area contributed by atoms with Gasteiger partial charge in [0.15, 0.2) is 5.78 Å². The first-order valence-corrected chi connectivity index (χ1v) is 10.1. The number of rotatable bonds is 4. The van der Waals surface area contributed by atoms with E-state index >= 15 is 0 Å². The van der Waals surface area contributed by atoms with Crippen molar-refractivity contribution >= 4 is 43.1 Å². The third kappa shape index (κ3) is 3.29. The van der Waals surface area contributed by atoms with Crippen LogP contribution in [0.1, 0.15) is 15.9 Å². The van der Waals surface area contributed by atoms with Gasteiger partial charge in [0.2, 0.25) is 0 Å². The van der Waals surface area contributed by atoms with E-state index in [9.17, 15) is 9.18 Å². The second-order valence-corrected chi connectivity index (χ2v) is 7.63. The van der Waals surface area contributed by atoms with Gasteiger partial charge in [0.05, 0.1) is 11.1 Å². The molecule has 2 aromatic heterocycles. The number of halogens is 1. The van der Waals surface area contributed by atoms with Crippen molar-refractivity contribution in [1.82, 2.24) is 9.97 Å². The zero-order valence-corrected chi connectivity index (χ0v) is 16.5. The molecule has 1 N–H and O–H groups in total. The summed E-state index contributed by atoms with van der Waals surface area (Å²) in [5.41, 5.74) is 2.95. The molecule has 0 bridgehead atoms. The van der Waals surface area contributed by atoms with E-state index in [4.69, 9.17) is 0 Å². The van der Waals surface area contributed by atoms with Crippen molar-refractivity contribution in [2.75, 3.05) is 6.26 Å². The maximum Gasteiger partial charge on any atom is 0.198 e. The summed E-state index contributed by atoms with van der Waals surface area (Å²) in [6.45, 7) is 0. The molecule has 0 saturated heterocycles. The number of fused-ring (bicyclic) bond motifs is 1. The molecule has 1 atom stereocenters. The molecule has 6 heteroatoms. The Bertz CT molecular complexity index is 1170. The average molecular weight is 394 g/mol. The quantitative estimate of drug-likeness (QED) is 0.307. The number of carbonyl (C=O) groups excluding carboxylic acids is 1. The molecule has 0 amide bonds. The van der Waals surface area contributed by atoms with E-state index in [0.717, 1.165) is 21.3 Å². The molecule has 2 aromatic carbocycles. The van der Waals surface area contributed by atoms with Gasteiger partial charge in [0, 0.05) is 22.7 Å². The van der Waals surface area contributed by atoms with E-state index in [1.54, 1.807) is 36.3 Å². The number of nitrogens with one attached hydrogen (secondary N) is 1. The number of H-pyrrole nitrogens is 1. The topological polar surface area (TPSA) is 45.8 Å². The van der Waals surface area contributed by atoms with E-state index in [0.29, 0.717) is 16.6 Å². The highest BCUT2D eigenvalue weighted by Crippen LogP contribution is 2.33. The Balaban J connectivity index is 1.93. The molecule has 1 unspecified atom stereocenters. The smallest absolute Gasteiger partial charge is 0.198 e. The molecule has 4 rings (SSSR count). The highest BCUT2D eigenvalue weighted by Gasteiger charge is 2.21. The van der Waals surface area contributed by atoms with E-state index in [2.05, 4.69) is 25.3 Å². The van der Waals surface area contributed by atoms with E-state index in [1.807, 2.05) is 30.5 Å². The lowest BCUT2D eigenvalue weighted by Crippen LogP contribution is -2.07. The molecule has 4 aromatic rings. The number of ketones is 1. The minimum absolute atomic E-state index is 0.0519. The second kappa shape index (κ2) is 7.26. The van der Waals surface area contributed by atoms with Crippen LogP contribution in [0.15, 0.2) is 65.8 Å². The number of aromatic nitrogens is 2. The van der Waals surface area contributed by atoms with Gasteiger partial charge in [-0.2, -0.15) is 0 Å². The zero-order valence-electron chi connectivity index (χ0n) is 14.5. The summed E-state index contributed by atoms with van der Waals surface area (Å²) in [6, 6.07) is 14.5. The maximum absolute atomic E-state index is 14.3. The molecule has 0 radical (unpaired) electrons. The largest absolute Gasteiger partial charge is 0.345 e. The number of pyridine rings is 1. The number of hydrogen-bond acceptors (Lipinski definition) is 3. The molecule has 27 heavy (non-hydrogen) atoms. The van der Waals surface area contributed by atoms with Crippen molar-refractivity contribution in [3.63, 3.8) is 0 Å². The fourth-order valence-corrected chi connectivity index (χ4v) is 3.85. The predicted molar refractivity (Wildman–Crippen MR) is 112 cm³/mol. The first-order valence-electron chi connectivity index (χ1n) is 8.28. The number of nitrogens with zero attached hydrogens (tertiary/aromatic N) is 1. The van der Waals surface area contributed by atoms with Crippen LogP contribution in [0.2, 0.25) is 0 Å². The predicted octanol–water partition coefficient (Wildman–Crippen LogP) is 4.82. The third-order valence-electron chi connectivity index (χ3n) is 4.43. The van der Waals surface area contributed by atoms with Gasteiger partial charge in [0.1, 0.15) is 11.5 Å². The maximum atomic E-state index is 14.3. The molecule has 0 spiro atoms. The summed E-state index contributed by atoms with van der Waals surface area (Å²) in [7, 11) is 2.49. The Morgan fingerprint density at radius 1 is 1.15 bits per heavy atom. The van der Waals surface area contributed by atoms with E-state index in [1.165, 1.54) is 6.07 Å². The molecule has 3 nitrogen and oxygen atoms in total. The standard InChI is InChI=1S/C21H16FN2OPS/c1-27-14-4-2-3-12(9-14)15-7-8-23-21-19(15)17(11-24-21)20(25)16-10-13(26)5-6-18(16)22/h2-11H,26H2,1H3,(H,23,24). The Kier molecular flexibility index (Phi) is 4.81. The fraction of sp³-hybridized carbons (Fsp3) is 0.0476. The van der Waals surface area contributed by atoms with E-state index in [-0.39, 0.29) is 11.3 Å². The van der Waals surface area contributed by atoms with Crippen molar-refractivity contribution in [3.8, 4) is 11.1 Å². The number of aromatic amines is 1. The van der Waals surface area contributed by atoms with Gasteiger partial charge >= 0.3 is 0 Å². The Morgan fingerprint density at radius 3 is 2.81 bits per heavy atom. The Morgan fingerprint density at radius 2 is 2.00 bits per heavy atom. The lowest BCUT2D eigenvalue weighted by molar-refractivity contribution is 0.103. The van der Waals surface area contributed by atoms with Gasteiger partial charge < -0.3 is 4.98 Å². The fourth-order valence-electron chi connectivity index (χ4n) is 3.13. The molecule has 2 heterocycles. The van der Waals surface area contributed by atoms with Crippen molar-refractivity contribution in [2.24, 2.45) is 0 Å². The summed E-state index contributed by atoms with van der Waals surface area (Å²) < 4.78 is 14.3. The van der Waals surface area contributed by atoms with Crippen LogP contribution in [0.25, 0.3) is 22.2 Å². The van der Waals surface area contributed by atoms with Crippen molar-refractivity contribution in [1.29, 1.82) is 0 Å². The normalized spacial score (nSPS) is 11.1. The summed E-state index contributed by atoms with van der Waals surface area (Å²) >= 11 is 1.65. The van der Waals surface area contributed by atoms with Crippen LogP contribution in [-0.2, 0) is 0 Å². The van der Waals surface area contributed by atoms with Crippen LogP contribution >= 0.6 is 21.0 Å². The van der Waals surface area contributed by atoms with Crippen LogP contribution in [0.3, 0.4) is 0 Å². The molecule has 0 aliphatic rings. The molecule has 0 aliphatic heterocycles. The molecule has 0 aliphatic carbocycles. The van der Waals surface area contributed by atoms with Crippen LogP contribution in [-0.4, -0.2) is 22.0 Å². The SMILES string of the molecule is CSc1cccc(-c2ccnc3[nH]cc(C(=O)c4cc(P)ccc4F)c23)c1. The summed E-state index contributed by atoms with van der Waals surface area (Å²) in [4.78, 5) is 21.6. The number of thioether (sulfide) groups is 1. The van der Waals surface area contributed by atoms with Crippen molar-refractivity contribution in [2.45, 2.75) is 4.90 Å². The molecular weight excluding hydrogens is 378 g/mol. The first-order chi connectivity index (χ1) is 13.1. The first kappa shape index (κ1) is 17.9. The third-order valence-corrected chi connectivity index (χ3v) is 5.52. The molecular formula is C21H16FN2OPS. The lowest BCUT2D eigenvalue weighted by atomic mass is 9.97. The Hall–Kier alpha value is -2.49. The van der Waals surface area contributed by atoms with Crippen molar-refractivity contribution < 1.29 is 9.18 Å². The highest BCUT2D eigenvalue weighted by atomic mass is 32.2. The van der Waals surface area contributed by atoms with E-state index < -0.39 is 5.82 Å². The Labute approximate surface area is 162 Å². The molecule has 134 valence electrons. The van der Waals surface area contributed by atoms with Gasteiger partial charge in [-0.3, -0.25) is 4.79 Å². The highest BCUT2D eigenvalue weighted by molar-refractivity contribution is 7.98. The second-order valence-electron chi connectivity index (χ2n) is 6.08. The van der Waals surface area contributed by atoms with Crippen molar-refractivity contribution in [3.05, 3.63) is 77.9 Å². The number of carbonyl (C=O) groups is 1. The van der Waals surface area contributed by atoms with Crippen LogP contribution in [0, 0.1) is 5.82 Å². The van der Waals surface area contributed by atoms with Gasteiger partial charge in [-0.05, 0) is 53.0 Å². The van der Waals surface area contributed by atoms with Crippen LogP contribution in [0.5, 0.6) is 0 Å². The van der Waals surface area contributed by atoms with Gasteiger partial charge in [-0.1, -0.05) is 18.2 Å². The van der Waals surface area contributed by atoms with Crippen LogP contribution < -0.4 is 5.30 Å². The lowest BCUT2D eigenvalue weighted by Gasteiger charge is -2.08. The summed E-state index contributed by atoms with van der Waals surface area (Å²) in [6.07, 6.45) is 5.33. The van der Waals surface area contributed by atoms with Gasteiger partial charge in [-0.25, -0.2) is 9.37 Å². The minimum atomic E-state index is -0.532. The number of hydrogen-bond donors (Lipinski definition) is 1. The molecule has 0 saturated carbocycles. The number of benzene rings is 2.